The summed E-state index contributed by atoms with van der Waals surface area (Å²) >= 11 is 0. The highest BCUT2D eigenvalue weighted by atomic mass is 19.1. The van der Waals surface area contributed by atoms with Gasteiger partial charge in [0, 0.05) is 12.2 Å². The number of nitriles is 1. The van der Waals surface area contributed by atoms with Crippen molar-refractivity contribution in [2.75, 3.05) is 5.73 Å². The summed E-state index contributed by atoms with van der Waals surface area (Å²) in [6.45, 7) is 4.86. The lowest BCUT2D eigenvalue weighted by molar-refractivity contribution is 0.568. The molecule has 21 heavy (non-hydrogen) atoms. The molecule has 1 heterocycles. The molecule has 0 radical (unpaired) electrons. The zero-order valence-electron chi connectivity index (χ0n) is 12.4. The van der Waals surface area contributed by atoms with Gasteiger partial charge in [-0.1, -0.05) is 26.0 Å². The van der Waals surface area contributed by atoms with Gasteiger partial charge in [0.25, 0.3) is 0 Å². The van der Waals surface area contributed by atoms with Crippen LogP contribution >= 0.6 is 0 Å². The van der Waals surface area contributed by atoms with Crippen molar-refractivity contribution in [2.45, 2.75) is 33.2 Å². The summed E-state index contributed by atoms with van der Waals surface area (Å²) in [6.07, 6.45) is 1.86. The maximum atomic E-state index is 13.0. The van der Waals surface area contributed by atoms with Crippen LogP contribution in [-0.4, -0.2) is 4.57 Å². The molecule has 2 aromatic rings. The van der Waals surface area contributed by atoms with Crippen LogP contribution in [0.15, 0.2) is 30.3 Å². The molecule has 1 aromatic carbocycles. The van der Waals surface area contributed by atoms with Crippen LogP contribution in [-0.2, 0) is 13.0 Å². The van der Waals surface area contributed by atoms with Crippen molar-refractivity contribution in [3.05, 3.63) is 53.1 Å². The van der Waals surface area contributed by atoms with Gasteiger partial charge in [-0.05, 0) is 42.5 Å². The monoisotopic (exact) mass is 285 g/mol. The number of nitrogens with two attached hydrogens (primary N) is 1. The summed E-state index contributed by atoms with van der Waals surface area (Å²) in [5.41, 5.74) is 9.21. The molecule has 0 atom stereocenters. The Kier molecular flexibility index (Phi) is 4.64. The quantitative estimate of drug-likeness (QED) is 0.910. The first-order valence-electron chi connectivity index (χ1n) is 7.13. The molecule has 2 N–H and O–H groups in total. The van der Waals surface area contributed by atoms with Crippen molar-refractivity contribution in [3.8, 4) is 6.07 Å². The smallest absolute Gasteiger partial charge is 0.123 e. The number of anilines is 1. The Hall–Kier alpha value is -2.28. The summed E-state index contributed by atoms with van der Waals surface area (Å²) in [5, 5.41) is 9.27. The van der Waals surface area contributed by atoms with Gasteiger partial charge in [-0.3, -0.25) is 0 Å². The summed E-state index contributed by atoms with van der Waals surface area (Å²) in [7, 11) is 0. The third-order valence-electron chi connectivity index (χ3n) is 3.57. The van der Waals surface area contributed by atoms with E-state index >= 15 is 0 Å². The van der Waals surface area contributed by atoms with Crippen LogP contribution in [0.5, 0.6) is 0 Å². The van der Waals surface area contributed by atoms with Crippen molar-refractivity contribution in [2.24, 2.45) is 5.92 Å². The van der Waals surface area contributed by atoms with Gasteiger partial charge in [0.2, 0.25) is 0 Å². The zero-order chi connectivity index (χ0) is 15.4. The van der Waals surface area contributed by atoms with E-state index < -0.39 is 0 Å². The van der Waals surface area contributed by atoms with E-state index in [1.54, 1.807) is 18.2 Å². The molecule has 0 saturated carbocycles. The fraction of sp³-hybridized carbons (Fsp3) is 0.353. The lowest BCUT2D eigenvalue weighted by atomic mass is 10.1. The van der Waals surface area contributed by atoms with E-state index in [0.717, 1.165) is 24.1 Å². The van der Waals surface area contributed by atoms with Crippen molar-refractivity contribution in [1.29, 1.82) is 5.26 Å². The highest BCUT2D eigenvalue weighted by molar-refractivity contribution is 5.51. The van der Waals surface area contributed by atoms with Gasteiger partial charge in [-0.25, -0.2) is 4.39 Å². The van der Waals surface area contributed by atoms with E-state index in [9.17, 15) is 9.65 Å². The molecule has 110 valence electrons. The largest absolute Gasteiger partial charge is 0.397 e. The number of halogens is 1. The first kappa shape index (κ1) is 15.1. The standard InChI is InChI=1S/C17H20FN3/c1-12(2)3-8-17-16(20)9-15(10-19)21(17)11-13-4-6-14(18)7-5-13/h4-7,9,12H,3,8,11,20H2,1-2H3. The van der Waals surface area contributed by atoms with Crippen molar-refractivity contribution in [3.63, 3.8) is 0 Å². The van der Waals surface area contributed by atoms with E-state index in [0.29, 0.717) is 23.8 Å². The van der Waals surface area contributed by atoms with E-state index in [1.807, 2.05) is 4.57 Å². The second kappa shape index (κ2) is 6.45. The molecule has 4 heteroatoms. The predicted octanol–water partition coefficient (Wildman–Crippen LogP) is 3.72. The van der Waals surface area contributed by atoms with Gasteiger partial charge < -0.3 is 10.3 Å². The maximum Gasteiger partial charge on any atom is 0.123 e. The molecule has 0 aliphatic carbocycles. The molecule has 0 unspecified atom stereocenters. The average molecular weight is 285 g/mol. The molecule has 3 nitrogen and oxygen atoms in total. The number of rotatable bonds is 5. The lowest BCUT2D eigenvalue weighted by Gasteiger charge is -2.13. The molecule has 2 rings (SSSR count). The molecule has 0 fully saturated rings. The van der Waals surface area contributed by atoms with Crippen molar-refractivity contribution < 1.29 is 4.39 Å². The van der Waals surface area contributed by atoms with Crippen LogP contribution in [0.3, 0.4) is 0 Å². The second-order valence-corrected chi connectivity index (χ2v) is 5.69. The molecule has 1 aromatic heterocycles. The fourth-order valence-corrected chi connectivity index (χ4v) is 2.36. The second-order valence-electron chi connectivity index (χ2n) is 5.69. The van der Waals surface area contributed by atoms with Gasteiger partial charge in [0.15, 0.2) is 0 Å². The minimum absolute atomic E-state index is 0.258. The van der Waals surface area contributed by atoms with Crippen LogP contribution in [0.2, 0.25) is 0 Å². The van der Waals surface area contributed by atoms with Crippen LogP contribution in [0.25, 0.3) is 0 Å². The Labute approximate surface area is 124 Å². The number of aromatic nitrogens is 1. The molecule has 0 bridgehead atoms. The first-order chi connectivity index (χ1) is 10.0. The van der Waals surface area contributed by atoms with Gasteiger partial charge in [-0.15, -0.1) is 0 Å². The van der Waals surface area contributed by atoms with E-state index in [4.69, 9.17) is 5.73 Å². The van der Waals surface area contributed by atoms with Gasteiger partial charge >= 0.3 is 0 Å². The topological polar surface area (TPSA) is 54.7 Å². The highest BCUT2D eigenvalue weighted by Crippen LogP contribution is 2.23. The lowest BCUT2D eigenvalue weighted by Crippen LogP contribution is -2.09. The third kappa shape index (κ3) is 3.63. The van der Waals surface area contributed by atoms with E-state index in [2.05, 4.69) is 19.9 Å². The van der Waals surface area contributed by atoms with Crippen molar-refractivity contribution in [1.82, 2.24) is 4.57 Å². The van der Waals surface area contributed by atoms with Crippen LogP contribution in [0.4, 0.5) is 10.1 Å². The summed E-state index contributed by atoms with van der Waals surface area (Å²) in [4.78, 5) is 0. The summed E-state index contributed by atoms with van der Waals surface area (Å²) in [6, 6.07) is 10.2. The van der Waals surface area contributed by atoms with Crippen LogP contribution in [0, 0.1) is 23.1 Å². The number of nitrogens with zero attached hydrogens (tertiary/aromatic N) is 2. The van der Waals surface area contributed by atoms with Gasteiger partial charge in [-0.2, -0.15) is 5.26 Å². The Morgan fingerprint density at radius 1 is 1.29 bits per heavy atom. The SMILES string of the molecule is CC(C)CCc1c(N)cc(C#N)n1Cc1ccc(F)cc1. The molecular formula is C17H20FN3. The Morgan fingerprint density at radius 3 is 2.52 bits per heavy atom. The number of hydrogen-bond acceptors (Lipinski definition) is 2. The predicted molar refractivity (Wildman–Crippen MR) is 82.2 cm³/mol. The highest BCUT2D eigenvalue weighted by Gasteiger charge is 2.14. The summed E-state index contributed by atoms with van der Waals surface area (Å²) < 4.78 is 14.9. The first-order valence-corrected chi connectivity index (χ1v) is 7.13. The summed E-state index contributed by atoms with van der Waals surface area (Å²) in [5.74, 6) is 0.315. The third-order valence-corrected chi connectivity index (χ3v) is 3.57. The Bertz CT molecular complexity index is 648. The Balaban J connectivity index is 2.31. The van der Waals surface area contributed by atoms with Gasteiger partial charge in [0.05, 0.1) is 5.69 Å². The number of hydrogen-bond donors (Lipinski definition) is 1. The molecule has 0 amide bonds. The number of nitrogen functional groups attached to an aromatic ring is 1. The molecule has 0 aliphatic rings. The van der Waals surface area contributed by atoms with Crippen LogP contribution in [0.1, 0.15) is 37.2 Å². The van der Waals surface area contributed by atoms with Gasteiger partial charge in [0.1, 0.15) is 17.6 Å². The minimum Gasteiger partial charge on any atom is -0.397 e. The zero-order valence-corrected chi connectivity index (χ0v) is 12.4. The molecule has 0 aliphatic heterocycles. The maximum absolute atomic E-state index is 13.0. The molecular weight excluding hydrogens is 265 g/mol. The number of benzene rings is 1. The molecule has 0 saturated heterocycles. The van der Waals surface area contributed by atoms with E-state index in [1.165, 1.54) is 12.1 Å². The Morgan fingerprint density at radius 2 is 1.95 bits per heavy atom. The van der Waals surface area contributed by atoms with E-state index in [-0.39, 0.29) is 5.82 Å². The normalized spacial score (nSPS) is 10.8. The molecule has 0 spiro atoms. The average Bonchev–Trinajstić information content (AvgIpc) is 2.74. The minimum atomic E-state index is -0.258. The fourth-order valence-electron chi connectivity index (χ4n) is 2.36. The van der Waals surface area contributed by atoms with Crippen molar-refractivity contribution >= 4 is 5.69 Å². The van der Waals surface area contributed by atoms with Crippen LogP contribution < -0.4 is 5.73 Å².